The van der Waals surface area contributed by atoms with Crippen LogP contribution in [0.5, 0.6) is 0 Å². The lowest BCUT2D eigenvalue weighted by molar-refractivity contribution is 0.249. The third-order valence-electron chi connectivity index (χ3n) is 4.59. The standard InChI is InChI=1S/C23H22N6O/c1-17(18-6-5-9-21(14-18)29-13-12-24-16-29)26-23(30)28-22-11-10-20(15-25-22)27-19-7-3-2-4-8-19/h2-17,27H,1H3,(H2,25,26,28,30). The molecule has 150 valence electrons. The van der Waals surface area contributed by atoms with Gasteiger partial charge in [0.15, 0.2) is 0 Å². The largest absolute Gasteiger partial charge is 0.354 e. The van der Waals surface area contributed by atoms with Crippen molar-refractivity contribution in [2.45, 2.75) is 13.0 Å². The van der Waals surface area contributed by atoms with E-state index >= 15 is 0 Å². The molecule has 0 aliphatic rings. The van der Waals surface area contributed by atoms with Crippen molar-refractivity contribution in [2.24, 2.45) is 0 Å². The number of pyridine rings is 1. The van der Waals surface area contributed by atoms with Crippen LogP contribution in [0.15, 0.2) is 91.6 Å². The van der Waals surface area contributed by atoms with E-state index in [1.165, 1.54) is 0 Å². The molecule has 1 unspecified atom stereocenters. The van der Waals surface area contributed by atoms with Gasteiger partial charge in [0.25, 0.3) is 0 Å². The van der Waals surface area contributed by atoms with Gasteiger partial charge >= 0.3 is 6.03 Å². The minimum Gasteiger partial charge on any atom is -0.354 e. The summed E-state index contributed by atoms with van der Waals surface area (Å²) in [6.45, 7) is 1.94. The summed E-state index contributed by atoms with van der Waals surface area (Å²) in [6.07, 6.45) is 7.04. The zero-order valence-corrected chi connectivity index (χ0v) is 16.5. The molecular formula is C23H22N6O. The van der Waals surface area contributed by atoms with Gasteiger partial charge in [0, 0.05) is 23.8 Å². The van der Waals surface area contributed by atoms with Crippen LogP contribution in [0.4, 0.5) is 22.0 Å². The molecule has 2 aromatic heterocycles. The van der Waals surface area contributed by atoms with Gasteiger partial charge in [-0.1, -0.05) is 30.3 Å². The maximum Gasteiger partial charge on any atom is 0.320 e. The number of urea groups is 1. The van der Waals surface area contributed by atoms with Crippen molar-refractivity contribution in [3.63, 3.8) is 0 Å². The smallest absolute Gasteiger partial charge is 0.320 e. The highest BCUT2D eigenvalue weighted by Gasteiger charge is 2.11. The molecule has 7 nitrogen and oxygen atoms in total. The van der Waals surface area contributed by atoms with E-state index in [1.54, 1.807) is 24.8 Å². The molecule has 0 aliphatic carbocycles. The number of benzene rings is 2. The van der Waals surface area contributed by atoms with E-state index in [0.29, 0.717) is 5.82 Å². The molecule has 0 spiro atoms. The van der Waals surface area contributed by atoms with Crippen LogP contribution in [0.25, 0.3) is 5.69 Å². The highest BCUT2D eigenvalue weighted by Crippen LogP contribution is 2.18. The van der Waals surface area contributed by atoms with Gasteiger partial charge in [-0.3, -0.25) is 5.32 Å². The molecular weight excluding hydrogens is 376 g/mol. The van der Waals surface area contributed by atoms with Crippen molar-refractivity contribution < 1.29 is 4.79 Å². The first-order valence-corrected chi connectivity index (χ1v) is 9.61. The summed E-state index contributed by atoms with van der Waals surface area (Å²) in [7, 11) is 0. The fourth-order valence-electron chi connectivity index (χ4n) is 3.03. The summed E-state index contributed by atoms with van der Waals surface area (Å²) in [4.78, 5) is 20.8. The Morgan fingerprint density at radius 2 is 1.87 bits per heavy atom. The van der Waals surface area contributed by atoms with Gasteiger partial charge < -0.3 is 15.2 Å². The van der Waals surface area contributed by atoms with Crippen LogP contribution in [0.3, 0.4) is 0 Å². The highest BCUT2D eigenvalue weighted by molar-refractivity contribution is 5.88. The lowest BCUT2D eigenvalue weighted by Gasteiger charge is -2.16. The first kappa shape index (κ1) is 19.2. The predicted octanol–water partition coefficient (Wildman–Crippen LogP) is 4.89. The van der Waals surface area contributed by atoms with Crippen molar-refractivity contribution in [1.29, 1.82) is 0 Å². The van der Waals surface area contributed by atoms with Crippen molar-refractivity contribution in [1.82, 2.24) is 19.9 Å². The summed E-state index contributed by atoms with van der Waals surface area (Å²) >= 11 is 0. The van der Waals surface area contributed by atoms with Gasteiger partial charge in [0.05, 0.1) is 24.3 Å². The Hall–Kier alpha value is -4.13. The molecule has 7 heteroatoms. The first-order chi connectivity index (χ1) is 14.7. The number of aromatic nitrogens is 3. The molecule has 0 saturated carbocycles. The predicted molar refractivity (Wildman–Crippen MR) is 118 cm³/mol. The second-order valence-corrected chi connectivity index (χ2v) is 6.81. The second kappa shape index (κ2) is 8.91. The zero-order valence-electron chi connectivity index (χ0n) is 16.5. The first-order valence-electron chi connectivity index (χ1n) is 9.61. The van der Waals surface area contributed by atoms with Crippen molar-refractivity contribution in [2.75, 3.05) is 10.6 Å². The van der Waals surface area contributed by atoms with Crippen LogP contribution in [-0.2, 0) is 0 Å². The highest BCUT2D eigenvalue weighted by atomic mass is 16.2. The summed E-state index contributed by atoms with van der Waals surface area (Å²) in [5, 5.41) is 8.97. The number of anilines is 3. The number of carbonyl (C=O) groups excluding carboxylic acids is 1. The van der Waals surface area contributed by atoms with Crippen LogP contribution in [0, 0.1) is 0 Å². The Morgan fingerprint density at radius 3 is 2.60 bits per heavy atom. The van der Waals surface area contributed by atoms with Gasteiger partial charge in [0.1, 0.15) is 5.82 Å². The van der Waals surface area contributed by atoms with E-state index in [0.717, 1.165) is 22.6 Å². The molecule has 0 aliphatic heterocycles. The fraction of sp³-hybridized carbons (Fsp3) is 0.0870. The average Bonchev–Trinajstić information content (AvgIpc) is 3.31. The third kappa shape index (κ3) is 4.82. The molecule has 2 heterocycles. The Kier molecular flexibility index (Phi) is 5.70. The minimum absolute atomic E-state index is 0.174. The molecule has 2 aromatic carbocycles. The van der Waals surface area contributed by atoms with Crippen LogP contribution >= 0.6 is 0 Å². The SMILES string of the molecule is CC(NC(=O)Nc1ccc(Nc2ccccc2)cn1)c1cccc(-n2ccnc2)c1. The molecule has 2 amide bonds. The maximum absolute atomic E-state index is 12.4. The van der Waals surface area contributed by atoms with Crippen LogP contribution in [0.1, 0.15) is 18.5 Å². The van der Waals surface area contributed by atoms with E-state index < -0.39 is 0 Å². The number of para-hydroxylation sites is 1. The Morgan fingerprint density at radius 1 is 1.00 bits per heavy atom. The number of rotatable bonds is 6. The number of nitrogens with zero attached hydrogens (tertiary/aromatic N) is 3. The number of imidazole rings is 1. The zero-order chi connectivity index (χ0) is 20.8. The monoisotopic (exact) mass is 398 g/mol. The Bertz CT molecular complexity index is 1090. The second-order valence-electron chi connectivity index (χ2n) is 6.81. The quantitative estimate of drug-likeness (QED) is 0.432. The molecule has 0 saturated heterocycles. The normalized spacial score (nSPS) is 11.5. The number of amides is 2. The molecule has 30 heavy (non-hydrogen) atoms. The Balaban J connectivity index is 1.35. The maximum atomic E-state index is 12.4. The summed E-state index contributed by atoms with van der Waals surface area (Å²) < 4.78 is 1.92. The topological polar surface area (TPSA) is 83.9 Å². The minimum atomic E-state index is -0.313. The van der Waals surface area contributed by atoms with E-state index in [4.69, 9.17) is 0 Å². The van der Waals surface area contributed by atoms with E-state index in [2.05, 4.69) is 25.9 Å². The molecule has 0 radical (unpaired) electrons. The van der Waals surface area contributed by atoms with Crippen LogP contribution in [0.2, 0.25) is 0 Å². The molecule has 3 N–H and O–H groups in total. The van der Waals surface area contributed by atoms with Gasteiger partial charge in [-0.05, 0) is 48.9 Å². The van der Waals surface area contributed by atoms with Crippen LogP contribution in [-0.4, -0.2) is 20.6 Å². The van der Waals surface area contributed by atoms with Crippen molar-refractivity contribution >= 4 is 23.2 Å². The molecule has 4 aromatic rings. The van der Waals surface area contributed by atoms with Gasteiger partial charge in [-0.2, -0.15) is 0 Å². The number of hydrogen-bond acceptors (Lipinski definition) is 4. The molecule has 0 fully saturated rings. The van der Waals surface area contributed by atoms with E-state index in [-0.39, 0.29) is 12.1 Å². The summed E-state index contributed by atoms with van der Waals surface area (Å²) in [6, 6.07) is 20.9. The third-order valence-corrected chi connectivity index (χ3v) is 4.59. The van der Waals surface area contributed by atoms with Gasteiger partial charge in [0.2, 0.25) is 0 Å². The number of nitrogens with one attached hydrogen (secondary N) is 3. The van der Waals surface area contributed by atoms with E-state index in [1.807, 2.05) is 78.4 Å². The lowest BCUT2D eigenvalue weighted by Crippen LogP contribution is -2.31. The van der Waals surface area contributed by atoms with Crippen molar-refractivity contribution in [3.8, 4) is 5.69 Å². The lowest BCUT2D eigenvalue weighted by atomic mass is 10.1. The van der Waals surface area contributed by atoms with Gasteiger partial charge in [-0.15, -0.1) is 0 Å². The van der Waals surface area contributed by atoms with Gasteiger partial charge in [-0.25, -0.2) is 14.8 Å². The average molecular weight is 398 g/mol. The van der Waals surface area contributed by atoms with E-state index in [9.17, 15) is 4.79 Å². The van der Waals surface area contributed by atoms with Crippen molar-refractivity contribution in [3.05, 3.63) is 97.2 Å². The summed E-state index contributed by atoms with van der Waals surface area (Å²) in [5.74, 6) is 0.477. The Labute approximate surface area is 174 Å². The fourth-order valence-corrected chi connectivity index (χ4v) is 3.03. The molecule has 1 atom stereocenters. The molecule has 4 rings (SSSR count). The molecule has 0 bridgehead atoms. The number of hydrogen-bond donors (Lipinski definition) is 3. The number of carbonyl (C=O) groups is 1. The summed E-state index contributed by atoms with van der Waals surface area (Å²) in [5.41, 5.74) is 3.80. The van der Waals surface area contributed by atoms with Crippen LogP contribution < -0.4 is 16.0 Å².